The van der Waals surface area contributed by atoms with E-state index in [2.05, 4.69) is 36.2 Å². The van der Waals surface area contributed by atoms with Crippen LogP contribution in [0.1, 0.15) is 44.3 Å². The van der Waals surface area contributed by atoms with Crippen molar-refractivity contribution in [2.45, 2.75) is 38.6 Å². The third-order valence-electron chi connectivity index (χ3n) is 2.84. The molecule has 5 heteroatoms. The number of hydrogen-bond donors (Lipinski definition) is 1. The van der Waals surface area contributed by atoms with Crippen LogP contribution in [0.4, 0.5) is 0 Å². The van der Waals surface area contributed by atoms with Crippen LogP contribution in [-0.2, 0) is 4.74 Å². The van der Waals surface area contributed by atoms with E-state index in [4.69, 9.17) is 9.26 Å². The topological polar surface area (TPSA) is 60.2 Å². The monoisotopic (exact) mass is 225 g/mol. The van der Waals surface area contributed by atoms with E-state index < -0.39 is 0 Å². The Bertz CT molecular complexity index is 338. The Morgan fingerprint density at radius 3 is 2.88 bits per heavy atom. The van der Waals surface area contributed by atoms with Crippen LogP contribution < -0.4 is 5.32 Å². The van der Waals surface area contributed by atoms with Crippen LogP contribution in [0.3, 0.4) is 0 Å². The molecule has 1 N–H and O–H groups in total. The van der Waals surface area contributed by atoms with Gasteiger partial charge in [0.25, 0.3) is 0 Å². The van der Waals surface area contributed by atoms with E-state index in [0.717, 1.165) is 19.0 Å². The van der Waals surface area contributed by atoms with Gasteiger partial charge in [0.1, 0.15) is 0 Å². The van der Waals surface area contributed by atoms with Crippen LogP contribution in [0.25, 0.3) is 0 Å². The maximum atomic E-state index is 5.46. The van der Waals surface area contributed by atoms with Gasteiger partial charge in [-0.1, -0.05) is 25.9 Å². The zero-order valence-electron chi connectivity index (χ0n) is 10.1. The standard InChI is InChI=1S/C11H19N3O2/c1-4-12-9-6-15-5-8(9)11-13-10(7(2)3)14-16-11/h7-9,12H,4-6H2,1-3H3. The van der Waals surface area contributed by atoms with E-state index in [1.807, 2.05) is 0 Å². The molecule has 1 aromatic heterocycles. The van der Waals surface area contributed by atoms with Gasteiger partial charge in [-0.3, -0.25) is 0 Å². The first-order valence-electron chi connectivity index (χ1n) is 5.87. The lowest BCUT2D eigenvalue weighted by Crippen LogP contribution is -2.34. The average Bonchev–Trinajstić information content (AvgIpc) is 2.84. The summed E-state index contributed by atoms with van der Waals surface area (Å²) in [5.74, 6) is 1.97. The molecule has 0 bridgehead atoms. The molecule has 2 unspecified atom stereocenters. The van der Waals surface area contributed by atoms with Crippen molar-refractivity contribution in [2.24, 2.45) is 0 Å². The molecule has 0 spiro atoms. The Morgan fingerprint density at radius 1 is 1.44 bits per heavy atom. The van der Waals surface area contributed by atoms with Crippen molar-refractivity contribution in [3.05, 3.63) is 11.7 Å². The summed E-state index contributed by atoms with van der Waals surface area (Å²) >= 11 is 0. The molecule has 1 aliphatic heterocycles. The van der Waals surface area contributed by atoms with Crippen LogP contribution in [0.15, 0.2) is 4.52 Å². The smallest absolute Gasteiger partial charge is 0.233 e. The normalized spacial score (nSPS) is 25.5. The number of hydrogen-bond acceptors (Lipinski definition) is 5. The van der Waals surface area contributed by atoms with Gasteiger partial charge in [-0.25, -0.2) is 0 Å². The molecule has 1 saturated heterocycles. The van der Waals surface area contributed by atoms with Crippen molar-refractivity contribution in [3.63, 3.8) is 0 Å². The van der Waals surface area contributed by atoms with Crippen LogP contribution in [0.5, 0.6) is 0 Å². The van der Waals surface area contributed by atoms with Gasteiger partial charge in [0, 0.05) is 12.0 Å². The predicted molar refractivity (Wildman–Crippen MR) is 59.4 cm³/mol. The Labute approximate surface area is 95.6 Å². The molecule has 2 atom stereocenters. The molecule has 5 nitrogen and oxygen atoms in total. The highest BCUT2D eigenvalue weighted by molar-refractivity contribution is 5.03. The number of likely N-dealkylation sites (N-methyl/N-ethyl adjacent to an activating group) is 1. The summed E-state index contributed by atoms with van der Waals surface area (Å²) in [6.07, 6.45) is 0. The molecular formula is C11H19N3O2. The van der Waals surface area contributed by atoms with E-state index in [1.165, 1.54) is 0 Å². The molecule has 0 aliphatic carbocycles. The summed E-state index contributed by atoms with van der Waals surface area (Å²) in [5.41, 5.74) is 0. The zero-order chi connectivity index (χ0) is 11.5. The SMILES string of the molecule is CCNC1COCC1c1nc(C(C)C)no1. The second kappa shape index (κ2) is 4.93. The zero-order valence-corrected chi connectivity index (χ0v) is 10.1. The van der Waals surface area contributed by atoms with Crippen molar-refractivity contribution in [1.82, 2.24) is 15.5 Å². The minimum atomic E-state index is 0.194. The summed E-state index contributed by atoms with van der Waals surface area (Å²) in [6, 6.07) is 0.297. The average molecular weight is 225 g/mol. The second-order valence-electron chi connectivity index (χ2n) is 4.45. The Balaban J connectivity index is 2.10. The molecule has 0 saturated carbocycles. The first-order chi connectivity index (χ1) is 7.72. The van der Waals surface area contributed by atoms with Gasteiger partial charge in [-0.2, -0.15) is 4.98 Å². The Kier molecular flexibility index (Phi) is 3.56. The molecule has 2 rings (SSSR count). The lowest BCUT2D eigenvalue weighted by Gasteiger charge is -2.13. The maximum absolute atomic E-state index is 5.46. The van der Waals surface area contributed by atoms with Gasteiger partial charge in [-0.15, -0.1) is 0 Å². The quantitative estimate of drug-likeness (QED) is 0.836. The largest absolute Gasteiger partial charge is 0.379 e. The van der Waals surface area contributed by atoms with Crippen molar-refractivity contribution in [1.29, 1.82) is 0 Å². The number of nitrogens with zero attached hydrogens (tertiary/aromatic N) is 2. The lowest BCUT2D eigenvalue weighted by atomic mass is 10.0. The first-order valence-corrected chi connectivity index (χ1v) is 5.87. The summed E-state index contributed by atoms with van der Waals surface area (Å²) < 4.78 is 10.8. The van der Waals surface area contributed by atoms with Crippen LogP contribution in [-0.4, -0.2) is 35.9 Å². The molecule has 0 aromatic carbocycles. The summed E-state index contributed by atoms with van der Waals surface area (Å²) in [5, 5.41) is 7.36. The van der Waals surface area contributed by atoms with Gasteiger partial charge in [0.05, 0.1) is 19.1 Å². The summed E-state index contributed by atoms with van der Waals surface area (Å²) in [7, 11) is 0. The highest BCUT2D eigenvalue weighted by Gasteiger charge is 2.33. The first kappa shape index (κ1) is 11.5. The lowest BCUT2D eigenvalue weighted by molar-refractivity contribution is 0.185. The van der Waals surface area contributed by atoms with Crippen molar-refractivity contribution in [3.8, 4) is 0 Å². The molecule has 0 amide bonds. The highest BCUT2D eigenvalue weighted by atomic mass is 16.5. The fourth-order valence-electron chi connectivity index (χ4n) is 1.89. The van der Waals surface area contributed by atoms with Crippen LogP contribution >= 0.6 is 0 Å². The minimum Gasteiger partial charge on any atom is -0.379 e. The highest BCUT2D eigenvalue weighted by Crippen LogP contribution is 2.25. The second-order valence-corrected chi connectivity index (χ2v) is 4.45. The number of rotatable bonds is 4. The van der Waals surface area contributed by atoms with Gasteiger partial charge < -0.3 is 14.6 Å². The van der Waals surface area contributed by atoms with E-state index in [1.54, 1.807) is 0 Å². The number of ether oxygens (including phenoxy) is 1. The minimum absolute atomic E-state index is 0.194. The van der Waals surface area contributed by atoms with Crippen molar-refractivity contribution < 1.29 is 9.26 Å². The molecule has 0 radical (unpaired) electrons. The molecule has 1 fully saturated rings. The fourth-order valence-corrected chi connectivity index (χ4v) is 1.89. The molecule has 16 heavy (non-hydrogen) atoms. The van der Waals surface area contributed by atoms with E-state index in [9.17, 15) is 0 Å². The Morgan fingerprint density at radius 2 is 2.25 bits per heavy atom. The summed E-state index contributed by atoms with van der Waals surface area (Å²) in [6.45, 7) is 8.51. The molecule has 1 aromatic rings. The molecule has 1 aliphatic rings. The van der Waals surface area contributed by atoms with E-state index in [-0.39, 0.29) is 5.92 Å². The van der Waals surface area contributed by atoms with Gasteiger partial charge in [0.15, 0.2) is 5.82 Å². The predicted octanol–water partition coefficient (Wildman–Crippen LogP) is 1.28. The molecule has 90 valence electrons. The third-order valence-corrected chi connectivity index (χ3v) is 2.84. The third kappa shape index (κ3) is 2.25. The van der Waals surface area contributed by atoms with Gasteiger partial charge >= 0.3 is 0 Å². The Hall–Kier alpha value is -0.940. The number of nitrogens with one attached hydrogen (secondary N) is 1. The van der Waals surface area contributed by atoms with Crippen LogP contribution in [0.2, 0.25) is 0 Å². The van der Waals surface area contributed by atoms with E-state index in [0.29, 0.717) is 24.5 Å². The van der Waals surface area contributed by atoms with Crippen LogP contribution in [0, 0.1) is 0 Å². The molecular weight excluding hydrogens is 206 g/mol. The van der Waals surface area contributed by atoms with Crippen molar-refractivity contribution >= 4 is 0 Å². The number of aromatic nitrogens is 2. The maximum Gasteiger partial charge on any atom is 0.233 e. The van der Waals surface area contributed by atoms with Crippen molar-refractivity contribution in [2.75, 3.05) is 19.8 Å². The fraction of sp³-hybridized carbons (Fsp3) is 0.818. The van der Waals surface area contributed by atoms with Gasteiger partial charge in [0.2, 0.25) is 5.89 Å². The molecule has 2 heterocycles. The van der Waals surface area contributed by atoms with E-state index >= 15 is 0 Å². The van der Waals surface area contributed by atoms with Gasteiger partial charge in [-0.05, 0) is 6.54 Å². The summed E-state index contributed by atoms with van der Waals surface area (Å²) in [4.78, 5) is 4.43.